The van der Waals surface area contributed by atoms with Crippen LogP contribution in [-0.4, -0.2) is 41.0 Å². The van der Waals surface area contributed by atoms with Crippen molar-refractivity contribution in [2.75, 3.05) is 13.2 Å². The molecule has 2 aliphatic rings. The number of ether oxygens (including phenoxy) is 1. The molecule has 1 aliphatic heterocycles. The Balaban J connectivity index is 1.44. The third kappa shape index (κ3) is 3.43. The number of H-pyrrole nitrogens is 1. The Hall–Kier alpha value is -2.63. The molecule has 2 bridgehead atoms. The van der Waals surface area contributed by atoms with Gasteiger partial charge in [-0.1, -0.05) is 32.9 Å². The molecule has 0 spiro atoms. The average molecular weight is 382 g/mol. The number of aromatic amines is 1. The number of amides is 1. The number of likely N-dealkylation sites (tertiary alicyclic amines) is 1. The highest BCUT2D eigenvalue weighted by Gasteiger charge is 2.50. The van der Waals surface area contributed by atoms with Crippen LogP contribution in [0, 0.1) is 10.8 Å². The predicted molar refractivity (Wildman–Crippen MR) is 106 cm³/mol. The molecule has 148 valence electrons. The van der Waals surface area contributed by atoms with Gasteiger partial charge in [0.15, 0.2) is 12.0 Å². The molecule has 1 aromatic heterocycles. The molecule has 6 heteroatoms. The Morgan fingerprint density at radius 2 is 1.96 bits per heavy atom. The van der Waals surface area contributed by atoms with Crippen molar-refractivity contribution >= 4 is 22.8 Å². The van der Waals surface area contributed by atoms with Gasteiger partial charge in [0.2, 0.25) is 0 Å². The van der Waals surface area contributed by atoms with Crippen molar-refractivity contribution in [3.63, 3.8) is 0 Å². The first-order valence-electron chi connectivity index (χ1n) is 9.75. The zero-order chi connectivity index (χ0) is 20.1. The number of hydrogen-bond donors (Lipinski definition) is 1. The fraction of sp³-hybridized carbons (Fsp3) is 0.500. The molecule has 2 heterocycles. The molecule has 2 aromatic rings. The third-order valence-corrected chi connectivity index (χ3v) is 6.02. The number of carbonyl (C=O) groups excluding carboxylic acids is 2. The molecule has 2 fully saturated rings. The van der Waals surface area contributed by atoms with Gasteiger partial charge in [0.05, 0.1) is 0 Å². The van der Waals surface area contributed by atoms with E-state index in [0.717, 1.165) is 19.3 Å². The SMILES string of the molecule is CC1(C)C[C@H]2C[C@](C)(CN2C(=O)COC(=O)c2cc(=O)c3ccccc3[nH]2)C1. The van der Waals surface area contributed by atoms with Gasteiger partial charge in [-0.05, 0) is 42.2 Å². The standard InChI is InChI=1S/C22H26N2O4/c1-21(2)9-14-10-22(3,12-21)13-24(14)19(26)11-28-20(27)17-8-18(25)15-6-4-5-7-16(15)23-17/h4-8,14H,9-13H2,1-3H3,(H,23,25)/t14-,22-/m0/s1. The van der Waals surface area contributed by atoms with Crippen molar-refractivity contribution in [2.45, 2.75) is 46.1 Å². The lowest BCUT2D eigenvalue weighted by atomic mass is 9.65. The zero-order valence-corrected chi connectivity index (χ0v) is 16.6. The quantitative estimate of drug-likeness (QED) is 0.827. The number of pyridine rings is 1. The van der Waals surface area contributed by atoms with Gasteiger partial charge in [0, 0.05) is 29.6 Å². The molecule has 1 N–H and O–H groups in total. The molecule has 2 atom stereocenters. The summed E-state index contributed by atoms with van der Waals surface area (Å²) in [6.07, 6.45) is 3.08. The maximum atomic E-state index is 12.7. The largest absolute Gasteiger partial charge is 0.451 e. The summed E-state index contributed by atoms with van der Waals surface area (Å²) in [5, 5.41) is 0.510. The van der Waals surface area contributed by atoms with Crippen molar-refractivity contribution < 1.29 is 14.3 Å². The maximum Gasteiger partial charge on any atom is 0.355 e. The van der Waals surface area contributed by atoms with E-state index < -0.39 is 5.97 Å². The number of carbonyl (C=O) groups is 2. The Kier molecular flexibility index (Phi) is 4.32. The number of nitrogens with one attached hydrogen (secondary N) is 1. The first-order valence-corrected chi connectivity index (χ1v) is 9.75. The molecule has 0 unspecified atom stereocenters. The third-order valence-electron chi connectivity index (χ3n) is 6.02. The molecule has 6 nitrogen and oxygen atoms in total. The van der Waals surface area contributed by atoms with Crippen LogP contribution in [0.5, 0.6) is 0 Å². The van der Waals surface area contributed by atoms with Crippen LogP contribution in [0.15, 0.2) is 35.1 Å². The average Bonchev–Trinajstić information content (AvgIpc) is 2.88. The van der Waals surface area contributed by atoms with E-state index in [0.29, 0.717) is 17.4 Å². The number of para-hydroxylation sites is 1. The van der Waals surface area contributed by atoms with Crippen LogP contribution < -0.4 is 5.43 Å². The van der Waals surface area contributed by atoms with Gasteiger partial charge in [0.1, 0.15) is 5.69 Å². The van der Waals surface area contributed by atoms with Crippen LogP contribution >= 0.6 is 0 Å². The second-order valence-electron chi connectivity index (χ2n) is 9.40. The molecule has 1 amide bonds. The molecular formula is C22H26N2O4. The minimum absolute atomic E-state index is 0.0600. The highest BCUT2D eigenvalue weighted by atomic mass is 16.5. The van der Waals surface area contributed by atoms with Crippen molar-refractivity contribution in [3.8, 4) is 0 Å². The van der Waals surface area contributed by atoms with Crippen LogP contribution in [0.25, 0.3) is 10.9 Å². The van der Waals surface area contributed by atoms with E-state index in [1.165, 1.54) is 6.07 Å². The molecular weight excluding hydrogens is 356 g/mol. The van der Waals surface area contributed by atoms with Gasteiger partial charge in [-0.15, -0.1) is 0 Å². The van der Waals surface area contributed by atoms with Gasteiger partial charge in [-0.3, -0.25) is 9.59 Å². The topological polar surface area (TPSA) is 79.5 Å². The number of rotatable bonds is 3. The fourth-order valence-corrected chi connectivity index (χ4v) is 5.35. The van der Waals surface area contributed by atoms with Gasteiger partial charge in [-0.2, -0.15) is 0 Å². The molecule has 28 heavy (non-hydrogen) atoms. The first kappa shape index (κ1) is 18.7. The van der Waals surface area contributed by atoms with Crippen molar-refractivity contribution in [2.24, 2.45) is 10.8 Å². The summed E-state index contributed by atoms with van der Waals surface area (Å²) in [7, 11) is 0. The zero-order valence-electron chi connectivity index (χ0n) is 16.6. The minimum atomic E-state index is -0.690. The van der Waals surface area contributed by atoms with Gasteiger partial charge in [-0.25, -0.2) is 4.79 Å². The minimum Gasteiger partial charge on any atom is -0.451 e. The summed E-state index contributed by atoms with van der Waals surface area (Å²) in [5.41, 5.74) is 0.724. The van der Waals surface area contributed by atoms with Crippen molar-refractivity contribution in [1.82, 2.24) is 9.88 Å². The Morgan fingerprint density at radius 3 is 2.75 bits per heavy atom. The first-order chi connectivity index (χ1) is 13.2. The maximum absolute atomic E-state index is 12.7. The summed E-state index contributed by atoms with van der Waals surface area (Å²) < 4.78 is 5.24. The highest BCUT2D eigenvalue weighted by Crippen LogP contribution is 2.52. The van der Waals surface area contributed by atoms with Crippen LogP contribution in [0.3, 0.4) is 0 Å². The molecule has 1 saturated heterocycles. The lowest BCUT2D eigenvalue weighted by Gasteiger charge is -2.39. The smallest absolute Gasteiger partial charge is 0.355 e. The van der Waals surface area contributed by atoms with Gasteiger partial charge in [0.25, 0.3) is 5.91 Å². The van der Waals surface area contributed by atoms with Gasteiger partial charge >= 0.3 is 5.97 Å². The fourth-order valence-electron chi connectivity index (χ4n) is 5.35. The molecule has 0 radical (unpaired) electrons. The van der Waals surface area contributed by atoms with E-state index in [1.54, 1.807) is 24.3 Å². The Bertz CT molecular complexity index is 1010. The number of hydrogen-bond acceptors (Lipinski definition) is 4. The van der Waals surface area contributed by atoms with Crippen LogP contribution in [0.4, 0.5) is 0 Å². The molecule has 4 rings (SSSR count). The number of benzene rings is 1. The number of nitrogens with zero attached hydrogens (tertiary/aromatic N) is 1. The molecule has 1 saturated carbocycles. The van der Waals surface area contributed by atoms with E-state index in [4.69, 9.17) is 4.74 Å². The van der Waals surface area contributed by atoms with Crippen molar-refractivity contribution in [1.29, 1.82) is 0 Å². The number of esters is 1. The van der Waals surface area contributed by atoms with E-state index in [9.17, 15) is 14.4 Å². The second kappa shape index (κ2) is 6.47. The van der Waals surface area contributed by atoms with E-state index in [-0.39, 0.29) is 40.5 Å². The summed E-state index contributed by atoms with van der Waals surface area (Å²) in [6.45, 7) is 7.15. The molecule has 1 aliphatic carbocycles. The van der Waals surface area contributed by atoms with E-state index >= 15 is 0 Å². The summed E-state index contributed by atoms with van der Waals surface area (Å²) >= 11 is 0. The van der Waals surface area contributed by atoms with E-state index in [2.05, 4.69) is 25.8 Å². The highest BCUT2D eigenvalue weighted by molar-refractivity contribution is 5.92. The summed E-state index contributed by atoms with van der Waals surface area (Å²) in [5.74, 6) is -0.854. The second-order valence-corrected chi connectivity index (χ2v) is 9.40. The predicted octanol–water partition coefficient (Wildman–Crippen LogP) is 3.11. The van der Waals surface area contributed by atoms with Gasteiger partial charge < -0.3 is 14.6 Å². The number of fused-ring (bicyclic) bond motifs is 3. The Morgan fingerprint density at radius 1 is 1.21 bits per heavy atom. The monoisotopic (exact) mass is 382 g/mol. The van der Waals surface area contributed by atoms with Crippen LogP contribution in [0.2, 0.25) is 0 Å². The normalized spacial score (nSPS) is 25.7. The van der Waals surface area contributed by atoms with Crippen LogP contribution in [0.1, 0.15) is 50.5 Å². The van der Waals surface area contributed by atoms with Crippen molar-refractivity contribution in [3.05, 3.63) is 46.2 Å². The summed E-state index contributed by atoms with van der Waals surface area (Å²) in [4.78, 5) is 42.1. The number of aromatic nitrogens is 1. The Labute approximate surface area is 163 Å². The van der Waals surface area contributed by atoms with E-state index in [1.807, 2.05) is 4.90 Å². The molecule has 1 aromatic carbocycles. The lowest BCUT2D eigenvalue weighted by Crippen LogP contribution is -2.39. The summed E-state index contributed by atoms with van der Waals surface area (Å²) in [6, 6.07) is 8.40. The van der Waals surface area contributed by atoms with Crippen LogP contribution in [-0.2, 0) is 9.53 Å². The lowest BCUT2D eigenvalue weighted by molar-refractivity contribution is -0.135.